The van der Waals surface area contributed by atoms with E-state index in [4.69, 9.17) is 9.47 Å². The molecular weight excluding hydrogens is 496 g/mol. The molecule has 0 saturated heterocycles. The van der Waals surface area contributed by atoms with Gasteiger partial charge in [-0.25, -0.2) is 8.42 Å². The summed E-state index contributed by atoms with van der Waals surface area (Å²) in [6.45, 7) is 6.56. The fourth-order valence-corrected chi connectivity index (χ4v) is 5.32. The molecule has 0 radical (unpaired) electrons. The van der Waals surface area contributed by atoms with Gasteiger partial charge in [0.1, 0.15) is 6.54 Å². The molecule has 0 aliphatic rings. The van der Waals surface area contributed by atoms with Crippen molar-refractivity contribution in [2.75, 3.05) is 30.3 Å². The molecule has 0 saturated carbocycles. The quantitative estimate of drug-likeness (QED) is 0.332. The van der Waals surface area contributed by atoms with Crippen LogP contribution in [0.3, 0.4) is 0 Å². The summed E-state index contributed by atoms with van der Waals surface area (Å²) in [5, 5.41) is 2.83. The summed E-state index contributed by atoms with van der Waals surface area (Å²) in [7, 11) is -3.97. The van der Waals surface area contributed by atoms with Crippen molar-refractivity contribution < 1.29 is 22.7 Å². The van der Waals surface area contributed by atoms with Crippen LogP contribution in [0.1, 0.15) is 25.0 Å². The summed E-state index contributed by atoms with van der Waals surface area (Å²) in [6, 6.07) is 19.2. The minimum atomic E-state index is -3.97. The number of aryl methyl sites for hydroxylation is 1. The molecule has 192 valence electrons. The summed E-state index contributed by atoms with van der Waals surface area (Å²) in [5.74, 6) is 0.814. The highest BCUT2D eigenvalue weighted by Gasteiger charge is 2.27. The number of anilines is 1. The van der Waals surface area contributed by atoms with Gasteiger partial charge in [0.2, 0.25) is 5.91 Å². The Labute approximate surface area is 217 Å². The molecule has 1 N–H and O–H groups in total. The van der Waals surface area contributed by atoms with Crippen molar-refractivity contribution in [3.63, 3.8) is 0 Å². The lowest BCUT2D eigenvalue weighted by Crippen LogP contribution is -2.40. The number of benzene rings is 3. The first kappa shape index (κ1) is 27.4. The van der Waals surface area contributed by atoms with E-state index in [0.717, 1.165) is 20.3 Å². The fourth-order valence-electron chi connectivity index (χ4n) is 3.49. The molecule has 0 unspecified atom stereocenters. The molecule has 0 bridgehead atoms. The van der Waals surface area contributed by atoms with Crippen molar-refractivity contribution >= 4 is 33.4 Å². The maximum Gasteiger partial charge on any atom is 0.264 e. The van der Waals surface area contributed by atoms with Gasteiger partial charge in [0.05, 0.1) is 23.8 Å². The monoisotopic (exact) mass is 528 g/mol. The van der Waals surface area contributed by atoms with E-state index >= 15 is 0 Å². The average Bonchev–Trinajstić information content (AvgIpc) is 2.88. The van der Waals surface area contributed by atoms with E-state index in [9.17, 15) is 13.2 Å². The smallest absolute Gasteiger partial charge is 0.264 e. The second kappa shape index (κ2) is 12.7. The van der Waals surface area contributed by atoms with Crippen LogP contribution in [0.4, 0.5) is 5.69 Å². The fraction of sp³-hybridized carbons (Fsp3) is 0.296. The lowest BCUT2D eigenvalue weighted by Gasteiger charge is -2.24. The first-order valence-electron chi connectivity index (χ1n) is 11.7. The predicted octanol–water partition coefficient (Wildman–Crippen LogP) is 5.03. The molecule has 0 aliphatic heterocycles. The van der Waals surface area contributed by atoms with Crippen molar-refractivity contribution in [3.05, 3.63) is 77.9 Å². The van der Waals surface area contributed by atoms with Gasteiger partial charge in [-0.05, 0) is 81.1 Å². The lowest BCUT2D eigenvalue weighted by molar-refractivity contribution is -0.119. The molecule has 9 heteroatoms. The normalized spacial score (nSPS) is 11.1. The third-order valence-electron chi connectivity index (χ3n) is 5.35. The van der Waals surface area contributed by atoms with E-state index in [1.165, 1.54) is 11.8 Å². The Morgan fingerprint density at radius 2 is 1.56 bits per heavy atom. The number of hydrogen-bond donors (Lipinski definition) is 1. The van der Waals surface area contributed by atoms with Gasteiger partial charge < -0.3 is 14.8 Å². The Balaban J connectivity index is 1.81. The molecule has 0 aromatic heterocycles. The van der Waals surface area contributed by atoms with Crippen molar-refractivity contribution in [1.29, 1.82) is 0 Å². The Morgan fingerprint density at radius 1 is 0.917 bits per heavy atom. The molecule has 0 atom stereocenters. The van der Waals surface area contributed by atoms with Crippen LogP contribution in [-0.2, 0) is 21.4 Å². The van der Waals surface area contributed by atoms with Crippen LogP contribution in [0.5, 0.6) is 11.5 Å². The standard InChI is InChI=1S/C27H32N2O5S2/c1-5-33-25-16-9-21(17-26(25)34-6-2)18-28-27(30)19-29(22-10-7-20(3)8-11-22)36(31,32)24-14-12-23(35-4)13-15-24/h7-17H,5-6,18-19H2,1-4H3,(H,28,30). The second-order valence-electron chi connectivity index (χ2n) is 7.95. The number of nitrogens with one attached hydrogen (secondary N) is 1. The molecule has 0 spiro atoms. The predicted molar refractivity (Wildman–Crippen MR) is 145 cm³/mol. The summed E-state index contributed by atoms with van der Waals surface area (Å²) in [6.07, 6.45) is 1.92. The lowest BCUT2D eigenvalue weighted by atomic mass is 10.2. The largest absolute Gasteiger partial charge is 0.490 e. The first-order valence-corrected chi connectivity index (χ1v) is 14.3. The van der Waals surface area contributed by atoms with Crippen molar-refractivity contribution in [2.45, 2.75) is 37.1 Å². The molecule has 3 aromatic carbocycles. The van der Waals surface area contributed by atoms with Gasteiger partial charge in [-0.1, -0.05) is 23.8 Å². The van der Waals surface area contributed by atoms with Gasteiger partial charge in [-0.15, -0.1) is 11.8 Å². The Bertz CT molecular complexity index is 1260. The zero-order valence-corrected chi connectivity index (χ0v) is 22.6. The molecule has 0 fully saturated rings. The SMILES string of the molecule is CCOc1ccc(CNC(=O)CN(c2ccc(C)cc2)S(=O)(=O)c2ccc(SC)cc2)cc1OCC. The van der Waals surface area contributed by atoms with Gasteiger partial charge in [-0.3, -0.25) is 9.10 Å². The van der Waals surface area contributed by atoms with E-state index in [1.807, 2.05) is 51.3 Å². The summed E-state index contributed by atoms with van der Waals surface area (Å²) in [5.41, 5.74) is 2.22. The summed E-state index contributed by atoms with van der Waals surface area (Å²) < 4.78 is 39.5. The summed E-state index contributed by atoms with van der Waals surface area (Å²) >= 11 is 1.53. The van der Waals surface area contributed by atoms with Gasteiger partial charge >= 0.3 is 0 Å². The zero-order valence-electron chi connectivity index (χ0n) is 21.0. The van der Waals surface area contributed by atoms with Gasteiger partial charge in [-0.2, -0.15) is 0 Å². The van der Waals surface area contributed by atoms with Gasteiger partial charge in [0.15, 0.2) is 11.5 Å². The van der Waals surface area contributed by atoms with Crippen LogP contribution in [0.2, 0.25) is 0 Å². The number of hydrogen-bond acceptors (Lipinski definition) is 6. The molecule has 7 nitrogen and oxygen atoms in total. The number of rotatable bonds is 12. The van der Waals surface area contributed by atoms with Crippen LogP contribution in [0.25, 0.3) is 0 Å². The first-order chi connectivity index (χ1) is 17.3. The Morgan fingerprint density at radius 3 is 2.17 bits per heavy atom. The molecule has 0 heterocycles. The maximum atomic E-state index is 13.6. The van der Waals surface area contributed by atoms with Crippen LogP contribution in [0, 0.1) is 6.92 Å². The number of thioether (sulfide) groups is 1. The Kier molecular flexibility index (Phi) is 9.66. The molecule has 36 heavy (non-hydrogen) atoms. The van der Waals surface area contributed by atoms with Gasteiger partial charge in [0, 0.05) is 11.4 Å². The highest BCUT2D eigenvalue weighted by molar-refractivity contribution is 7.98. The average molecular weight is 529 g/mol. The van der Waals surface area contributed by atoms with Crippen molar-refractivity contribution in [3.8, 4) is 11.5 Å². The zero-order chi connectivity index (χ0) is 26.1. The van der Waals surface area contributed by atoms with Crippen molar-refractivity contribution in [2.24, 2.45) is 0 Å². The third kappa shape index (κ3) is 6.95. The Hall–Kier alpha value is -3.17. The van der Waals surface area contributed by atoms with E-state index in [2.05, 4.69) is 5.32 Å². The number of nitrogens with zero attached hydrogens (tertiary/aromatic N) is 1. The number of sulfonamides is 1. The summed E-state index contributed by atoms with van der Waals surface area (Å²) in [4.78, 5) is 14.0. The van der Waals surface area contributed by atoms with Crippen LogP contribution in [-0.4, -0.2) is 40.3 Å². The molecule has 0 aliphatic carbocycles. The number of amides is 1. The van der Waals surface area contributed by atoms with E-state index in [1.54, 1.807) is 42.5 Å². The highest BCUT2D eigenvalue weighted by atomic mass is 32.2. The minimum Gasteiger partial charge on any atom is -0.490 e. The van der Waals surface area contributed by atoms with Crippen molar-refractivity contribution in [1.82, 2.24) is 5.32 Å². The molecular formula is C27H32N2O5S2. The minimum absolute atomic E-state index is 0.126. The van der Waals surface area contributed by atoms with E-state index in [-0.39, 0.29) is 18.0 Å². The van der Waals surface area contributed by atoms with Crippen LogP contribution in [0.15, 0.2) is 76.5 Å². The second-order valence-corrected chi connectivity index (χ2v) is 10.7. The maximum absolute atomic E-state index is 13.6. The number of ether oxygens (including phenoxy) is 2. The van der Waals surface area contributed by atoms with E-state index in [0.29, 0.717) is 30.4 Å². The topological polar surface area (TPSA) is 84.9 Å². The molecule has 3 rings (SSSR count). The third-order valence-corrected chi connectivity index (χ3v) is 7.89. The number of carbonyl (C=O) groups excluding carboxylic acids is 1. The van der Waals surface area contributed by atoms with Gasteiger partial charge in [0.25, 0.3) is 10.0 Å². The highest BCUT2D eigenvalue weighted by Crippen LogP contribution is 2.29. The number of carbonyl (C=O) groups is 1. The van der Waals surface area contributed by atoms with Crippen LogP contribution < -0.4 is 19.1 Å². The van der Waals surface area contributed by atoms with Crippen LogP contribution >= 0.6 is 11.8 Å². The van der Waals surface area contributed by atoms with E-state index < -0.39 is 15.9 Å². The molecule has 3 aromatic rings. The molecule has 1 amide bonds.